The minimum atomic E-state index is -3.76. The molecule has 0 aliphatic heterocycles. The molecule has 0 fully saturated rings. The number of anilines is 1. The molecule has 8 heteroatoms. The van der Waals surface area contributed by atoms with E-state index in [1.807, 2.05) is 12.3 Å². The summed E-state index contributed by atoms with van der Waals surface area (Å²) in [4.78, 5) is 11.5. The predicted octanol–water partition coefficient (Wildman–Crippen LogP) is 0.738. The lowest BCUT2D eigenvalue weighted by Gasteiger charge is -2.06. The maximum Gasteiger partial charge on any atom is 0.281 e. The molecule has 1 heterocycles. The second-order valence-electron chi connectivity index (χ2n) is 4.62. The van der Waals surface area contributed by atoms with Gasteiger partial charge in [0.15, 0.2) is 0 Å². The number of amides is 1. The molecule has 4 N–H and O–H groups in total. The van der Waals surface area contributed by atoms with Crippen LogP contribution in [0.4, 0.5) is 5.69 Å². The topological polar surface area (TPSA) is 106 Å². The summed E-state index contributed by atoms with van der Waals surface area (Å²) in [5, 5.41) is 0. The Bertz CT molecular complexity index is 763. The van der Waals surface area contributed by atoms with Gasteiger partial charge in [-0.15, -0.1) is 0 Å². The summed E-state index contributed by atoms with van der Waals surface area (Å²) in [5.41, 5.74) is 3.60. The van der Waals surface area contributed by atoms with Crippen LogP contribution in [-0.2, 0) is 17.1 Å². The van der Waals surface area contributed by atoms with Crippen molar-refractivity contribution in [1.29, 1.82) is 0 Å². The van der Waals surface area contributed by atoms with Crippen LogP contribution in [0.3, 0.4) is 0 Å². The summed E-state index contributed by atoms with van der Waals surface area (Å²) >= 11 is 0. The highest BCUT2D eigenvalue weighted by molar-refractivity contribution is 7.92. The van der Waals surface area contributed by atoms with E-state index >= 15 is 0 Å². The lowest BCUT2D eigenvalue weighted by atomic mass is 10.2. The Kier molecular flexibility index (Phi) is 4.01. The number of aromatic nitrogens is 1. The molecule has 0 aliphatic carbocycles. The van der Waals surface area contributed by atoms with Crippen molar-refractivity contribution in [3.8, 4) is 0 Å². The normalized spacial score (nSPS) is 11.2. The molecule has 0 spiro atoms. The standard InChI is InChI=1S/C13H16N4O3S/c1-9-3-5-10(6-4-9)16-21(19,20)11-7-12(13(18)15-14)17(2)8-11/h3-8,16H,14H2,1-2H3,(H,15,18). The Balaban J connectivity index is 2.31. The largest absolute Gasteiger partial charge is 0.345 e. The molecular weight excluding hydrogens is 292 g/mol. The summed E-state index contributed by atoms with van der Waals surface area (Å²) in [5.74, 6) is 4.49. The van der Waals surface area contributed by atoms with Crippen molar-refractivity contribution in [2.45, 2.75) is 11.8 Å². The third-order valence-electron chi connectivity index (χ3n) is 2.96. The molecule has 0 bridgehead atoms. The maximum atomic E-state index is 12.3. The van der Waals surface area contributed by atoms with Gasteiger partial charge in [-0.2, -0.15) is 0 Å². The fraction of sp³-hybridized carbons (Fsp3) is 0.154. The maximum absolute atomic E-state index is 12.3. The minimum absolute atomic E-state index is 0.0100. The van der Waals surface area contributed by atoms with Crippen molar-refractivity contribution >= 4 is 21.6 Å². The molecule has 0 saturated heterocycles. The zero-order chi connectivity index (χ0) is 15.6. The number of carbonyl (C=O) groups is 1. The van der Waals surface area contributed by atoms with Crippen molar-refractivity contribution in [2.75, 3.05) is 4.72 Å². The van der Waals surface area contributed by atoms with Gasteiger partial charge in [-0.1, -0.05) is 17.7 Å². The van der Waals surface area contributed by atoms with Crippen molar-refractivity contribution < 1.29 is 13.2 Å². The molecule has 1 aromatic heterocycles. The molecule has 0 unspecified atom stereocenters. The Hall–Kier alpha value is -2.32. The van der Waals surface area contributed by atoms with Crippen LogP contribution in [0.2, 0.25) is 0 Å². The van der Waals surface area contributed by atoms with Gasteiger partial charge in [0.2, 0.25) is 0 Å². The van der Waals surface area contributed by atoms with Crippen molar-refractivity contribution in [1.82, 2.24) is 9.99 Å². The van der Waals surface area contributed by atoms with E-state index in [0.29, 0.717) is 5.69 Å². The number of aryl methyl sites for hydroxylation is 2. The van der Waals surface area contributed by atoms with Gasteiger partial charge in [-0.05, 0) is 25.1 Å². The molecule has 2 rings (SSSR count). The molecule has 7 nitrogen and oxygen atoms in total. The first kappa shape index (κ1) is 15.1. The molecule has 21 heavy (non-hydrogen) atoms. The number of hydrogen-bond acceptors (Lipinski definition) is 4. The van der Waals surface area contributed by atoms with Gasteiger partial charge in [-0.3, -0.25) is 14.9 Å². The van der Waals surface area contributed by atoms with Gasteiger partial charge in [-0.25, -0.2) is 14.3 Å². The number of nitrogens with zero attached hydrogens (tertiary/aromatic N) is 1. The first-order valence-electron chi connectivity index (χ1n) is 6.10. The molecule has 112 valence electrons. The van der Waals surface area contributed by atoms with E-state index in [2.05, 4.69) is 4.72 Å². The van der Waals surface area contributed by atoms with Gasteiger partial charge >= 0.3 is 0 Å². The highest BCUT2D eigenvalue weighted by Gasteiger charge is 2.20. The summed E-state index contributed by atoms with van der Waals surface area (Å²) in [6.45, 7) is 1.91. The van der Waals surface area contributed by atoms with E-state index < -0.39 is 15.9 Å². The zero-order valence-corrected chi connectivity index (χ0v) is 12.4. The number of hydrazine groups is 1. The predicted molar refractivity (Wildman–Crippen MR) is 79.1 cm³/mol. The smallest absolute Gasteiger partial charge is 0.281 e. The molecule has 2 aromatic rings. The fourth-order valence-electron chi connectivity index (χ4n) is 1.82. The van der Waals surface area contributed by atoms with Crippen molar-refractivity contribution in [2.24, 2.45) is 12.9 Å². The van der Waals surface area contributed by atoms with E-state index in [1.165, 1.54) is 16.8 Å². The minimum Gasteiger partial charge on any atom is -0.345 e. The van der Waals surface area contributed by atoms with Crippen LogP contribution < -0.4 is 16.0 Å². The van der Waals surface area contributed by atoms with Crippen molar-refractivity contribution in [3.05, 3.63) is 47.8 Å². The number of rotatable bonds is 4. The van der Waals surface area contributed by atoms with Crippen LogP contribution in [0.1, 0.15) is 16.1 Å². The number of carbonyl (C=O) groups excluding carboxylic acids is 1. The van der Waals surface area contributed by atoms with Crippen LogP contribution in [0, 0.1) is 6.92 Å². The van der Waals surface area contributed by atoms with E-state index in [0.717, 1.165) is 5.56 Å². The van der Waals surface area contributed by atoms with E-state index in [1.54, 1.807) is 31.3 Å². The van der Waals surface area contributed by atoms with E-state index in [4.69, 9.17) is 5.84 Å². The van der Waals surface area contributed by atoms with Crippen LogP contribution >= 0.6 is 0 Å². The lowest BCUT2D eigenvalue weighted by molar-refractivity contribution is 0.0945. The Morgan fingerprint density at radius 2 is 1.86 bits per heavy atom. The average molecular weight is 308 g/mol. The van der Waals surface area contributed by atoms with E-state index in [9.17, 15) is 13.2 Å². The third kappa shape index (κ3) is 3.23. The molecule has 0 aliphatic rings. The van der Waals surface area contributed by atoms with Crippen LogP contribution in [0.15, 0.2) is 41.4 Å². The lowest BCUT2D eigenvalue weighted by Crippen LogP contribution is -2.31. The first-order valence-corrected chi connectivity index (χ1v) is 7.58. The second kappa shape index (κ2) is 5.58. The zero-order valence-electron chi connectivity index (χ0n) is 11.6. The van der Waals surface area contributed by atoms with Crippen LogP contribution in [-0.4, -0.2) is 18.9 Å². The number of nitrogens with one attached hydrogen (secondary N) is 2. The van der Waals surface area contributed by atoms with Crippen LogP contribution in [0.5, 0.6) is 0 Å². The number of hydrogen-bond donors (Lipinski definition) is 3. The molecule has 1 aromatic carbocycles. The molecule has 0 radical (unpaired) electrons. The molecule has 0 saturated carbocycles. The third-order valence-corrected chi connectivity index (χ3v) is 4.31. The van der Waals surface area contributed by atoms with Crippen molar-refractivity contribution in [3.63, 3.8) is 0 Å². The summed E-state index contributed by atoms with van der Waals surface area (Å²) in [6.07, 6.45) is 1.35. The fourth-order valence-corrected chi connectivity index (χ4v) is 2.94. The summed E-state index contributed by atoms with van der Waals surface area (Å²) in [6, 6.07) is 8.21. The highest BCUT2D eigenvalue weighted by Crippen LogP contribution is 2.18. The summed E-state index contributed by atoms with van der Waals surface area (Å²) in [7, 11) is -2.20. The molecule has 1 amide bonds. The highest BCUT2D eigenvalue weighted by atomic mass is 32.2. The van der Waals surface area contributed by atoms with Gasteiger partial charge < -0.3 is 4.57 Å². The summed E-state index contributed by atoms with van der Waals surface area (Å²) < 4.78 is 28.4. The number of nitrogens with two attached hydrogens (primary N) is 1. The number of sulfonamides is 1. The number of nitrogen functional groups attached to an aromatic ring is 1. The SMILES string of the molecule is Cc1ccc(NS(=O)(=O)c2cc(C(=O)NN)n(C)c2)cc1. The Morgan fingerprint density at radius 1 is 1.24 bits per heavy atom. The monoisotopic (exact) mass is 308 g/mol. The van der Waals surface area contributed by atoms with Crippen LogP contribution in [0.25, 0.3) is 0 Å². The van der Waals surface area contributed by atoms with Gasteiger partial charge in [0.25, 0.3) is 15.9 Å². The van der Waals surface area contributed by atoms with Gasteiger partial charge in [0.1, 0.15) is 10.6 Å². The van der Waals surface area contributed by atoms with E-state index in [-0.39, 0.29) is 10.6 Å². The Morgan fingerprint density at radius 3 is 2.43 bits per heavy atom. The molecular formula is C13H16N4O3S. The Labute approximate surface area is 122 Å². The second-order valence-corrected chi connectivity index (χ2v) is 6.30. The van der Waals surface area contributed by atoms with Gasteiger partial charge in [0.05, 0.1) is 0 Å². The first-order chi connectivity index (χ1) is 9.83. The quantitative estimate of drug-likeness (QED) is 0.440. The number of benzene rings is 1. The average Bonchev–Trinajstić information content (AvgIpc) is 2.83. The molecule has 0 atom stereocenters. The van der Waals surface area contributed by atoms with Gasteiger partial charge in [0, 0.05) is 18.9 Å².